The highest BCUT2D eigenvalue weighted by Gasteiger charge is 2.62. The molecular formula is C78H94N2O10S4. The summed E-state index contributed by atoms with van der Waals surface area (Å²) >= 11 is 0. The molecule has 2 bridgehead atoms. The van der Waals surface area contributed by atoms with Gasteiger partial charge in [0.15, 0.2) is 35.6 Å². The maximum absolute atomic E-state index is 18.1. The zero-order valence-electron chi connectivity index (χ0n) is 54.6. The Morgan fingerprint density at radius 2 is 1.57 bits per heavy atom. The van der Waals surface area contributed by atoms with Crippen LogP contribution < -0.4 is 19.5 Å². The van der Waals surface area contributed by atoms with Crippen LogP contribution in [0.15, 0.2) is 128 Å². The number of ether oxygens (including phenoxy) is 3. The molecule has 94 heavy (non-hydrogen) atoms. The van der Waals surface area contributed by atoms with Gasteiger partial charge in [-0.15, -0.1) is 0 Å². The Labute approximate surface area is 570 Å². The van der Waals surface area contributed by atoms with E-state index in [1.54, 1.807) is 62.4 Å². The van der Waals surface area contributed by atoms with Crippen LogP contribution in [0.2, 0.25) is 0 Å². The molecule has 6 aliphatic rings. The van der Waals surface area contributed by atoms with Crippen molar-refractivity contribution in [2.45, 2.75) is 168 Å². The molecule has 0 unspecified atom stereocenters. The lowest BCUT2D eigenvalue weighted by molar-refractivity contribution is -0.150. The summed E-state index contributed by atoms with van der Waals surface area (Å²) < 4.78 is 19.3. The van der Waals surface area contributed by atoms with E-state index < -0.39 is 58.9 Å². The molecule has 16 heteroatoms. The van der Waals surface area contributed by atoms with E-state index in [2.05, 4.69) is 77.9 Å². The molecule has 8 N–H and O–H groups in total. The fourth-order valence-electron chi connectivity index (χ4n) is 18.5. The SMILES string of the molecule is CCc1ccc2cccc3c2c1Cc1c(ccc(O)c1OC)C[C@@H](Cc1cc[nH]c1)[C@H](O)[C@@H]1C(=O)[C@](c2cc(O)cc([C@]4(NC)CCC[C@@H](C5(c6ccccc6)CCCCC5)C4)c2)([C@H]2CSSC[C@H]4CCCC[C@@H]4Oc4cc2ccc4OCO)[C@@H](O)C[C@H]1CSS[C@H]3CO. The molecule has 4 fully saturated rings. The molecule has 0 saturated heterocycles. The zero-order valence-corrected chi connectivity index (χ0v) is 57.9. The third-order valence-electron chi connectivity index (χ3n) is 23.2. The van der Waals surface area contributed by atoms with Gasteiger partial charge in [-0.3, -0.25) is 4.79 Å². The van der Waals surface area contributed by atoms with Crippen molar-refractivity contribution in [2.75, 3.05) is 44.8 Å². The summed E-state index contributed by atoms with van der Waals surface area (Å²) in [6, 6.07) is 39.0. The average Bonchev–Trinajstić information content (AvgIpc) is 0.753. The van der Waals surface area contributed by atoms with Crippen molar-refractivity contribution in [3.8, 4) is 28.7 Å². The molecule has 0 amide bonds. The van der Waals surface area contributed by atoms with E-state index in [4.69, 9.17) is 14.2 Å². The minimum atomic E-state index is -1.79. The van der Waals surface area contributed by atoms with Crippen LogP contribution in [-0.4, -0.2) is 105 Å². The van der Waals surface area contributed by atoms with Crippen molar-refractivity contribution in [1.82, 2.24) is 10.3 Å². The molecule has 0 spiro atoms. The number of H-pyrrole nitrogens is 1. The number of ketones is 1. The molecule has 13 rings (SSSR count). The first kappa shape index (κ1) is 67.3. The van der Waals surface area contributed by atoms with Gasteiger partial charge >= 0.3 is 0 Å². The number of carbonyl (C=O) groups is 1. The summed E-state index contributed by atoms with van der Waals surface area (Å²) in [4.78, 5) is 21.3. The van der Waals surface area contributed by atoms with Crippen LogP contribution >= 0.6 is 43.2 Å². The van der Waals surface area contributed by atoms with E-state index in [9.17, 15) is 30.6 Å². The maximum atomic E-state index is 18.1. The highest BCUT2D eigenvalue weighted by molar-refractivity contribution is 8.77. The Morgan fingerprint density at radius 1 is 0.766 bits per heavy atom. The Kier molecular flexibility index (Phi) is 21.1. The Bertz CT molecular complexity index is 3750. The molecule has 3 heterocycles. The number of aromatic hydroxyl groups is 2. The second kappa shape index (κ2) is 29.4. The number of fused-ring (bicyclic) bond motifs is 5. The Morgan fingerprint density at radius 3 is 2.35 bits per heavy atom. The van der Waals surface area contributed by atoms with Gasteiger partial charge in [-0.1, -0.05) is 161 Å². The number of hydrogen-bond donors (Lipinski definition) is 8. The number of aromatic nitrogens is 1. The number of methoxy groups -OCH3 is 1. The van der Waals surface area contributed by atoms with E-state index in [-0.39, 0.29) is 47.7 Å². The van der Waals surface area contributed by atoms with Crippen LogP contribution in [0.5, 0.6) is 28.7 Å². The quantitative estimate of drug-likeness (QED) is 0.0401. The maximum Gasteiger partial charge on any atom is 0.186 e. The highest BCUT2D eigenvalue weighted by atomic mass is 33.1. The third kappa shape index (κ3) is 12.8. The van der Waals surface area contributed by atoms with Gasteiger partial charge in [-0.25, -0.2) is 0 Å². The van der Waals surface area contributed by atoms with Crippen molar-refractivity contribution in [2.24, 2.45) is 29.6 Å². The molecular weight excluding hydrogens is 1250 g/mol. The van der Waals surface area contributed by atoms with E-state index in [1.165, 1.54) is 24.8 Å². The van der Waals surface area contributed by atoms with Crippen LogP contribution in [0.25, 0.3) is 10.8 Å². The summed E-state index contributed by atoms with van der Waals surface area (Å²) in [5.74, 6) is 0.0892. The number of hydrogen-bond acceptors (Lipinski definition) is 15. The molecule has 12 nitrogen and oxygen atoms in total. The number of Topliss-reactive ketones (excluding diaryl/α,β-unsaturated/α-hetero) is 1. The minimum absolute atomic E-state index is 0.00146. The van der Waals surface area contributed by atoms with Gasteiger partial charge in [0.05, 0.1) is 36.6 Å². The van der Waals surface area contributed by atoms with Gasteiger partial charge in [0, 0.05) is 64.9 Å². The fraction of sp³-hybridized carbons (Fsp3) is 0.500. The molecule has 4 saturated carbocycles. The summed E-state index contributed by atoms with van der Waals surface area (Å²) in [5.41, 5.74) is 6.92. The fourth-order valence-corrected chi connectivity index (χ4v) is 24.2. The number of phenols is 2. The van der Waals surface area contributed by atoms with Gasteiger partial charge in [0.25, 0.3) is 0 Å². The first-order chi connectivity index (χ1) is 45.9. The summed E-state index contributed by atoms with van der Waals surface area (Å²) in [7, 11) is 10.3. The van der Waals surface area contributed by atoms with Crippen LogP contribution in [0.1, 0.15) is 164 Å². The third-order valence-corrected chi connectivity index (χ3v) is 28.6. The van der Waals surface area contributed by atoms with Gasteiger partial charge < -0.3 is 55.2 Å². The Hall–Kier alpha value is -5.27. The lowest BCUT2D eigenvalue weighted by atomic mass is 9.52. The van der Waals surface area contributed by atoms with Crippen LogP contribution in [0.3, 0.4) is 0 Å². The number of rotatable bonds is 13. The standard InChI is InChI=1S/C78H94N2O10S4/c1-4-49-22-23-50-16-13-20-61-69(43-81)94-93-45-55-36-70(85)78(64-46-92-91-44-53-15-9-10-21-66(53)90-68-35-52(64)25-27-67(68)89-47-82,59-37-58(38-60(83)39-59)77(79-2)31-14-19-57(41-77)76(29-11-6-12-30-76)56-17-7-5-8-18-56)75(87)72(55)73(86)54(33-48-28-32-80-42-48)34-51-24-26-65(84)74(88-3)63(51)40-62(49)71(50)61/h5,7-8,13,16-18,20,22-28,32,35,37-39,42,53-55,57,64,66,69-70,72-73,79-86H,4,6,9-12,14-15,19,21,29-31,33-34,36,40-41,43-47H2,1-3H3/t53-,54-,55+,57-,64+,66+,69+,70+,72-,73+,77+,78-/m1/s1. The van der Waals surface area contributed by atoms with Gasteiger partial charge in [0.2, 0.25) is 0 Å². The van der Waals surface area contributed by atoms with Crippen molar-refractivity contribution in [3.63, 3.8) is 0 Å². The van der Waals surface area contributed by atoms with Crippen molar-refractivity contribution < 1.29 is 49.6 Å². The van der Waals surface area contributed by atoms with Gasteiger partial charge in [0.1, 0.15) is 11.9 Å². The largest absolute Gasteiger partial charge is 0.508 e. The van der Waals surface area contributed by atoms with E-state index in [1.807, 2.05) is 61.9 Å². The highest BCUT2D eigenvalue weighted by Crippen LogP contribution is 2.59. The van der Waals surface area contributed by atoms with Crippen LogP contribution in [0.4, 0.5) is 0 Å². The molecule has 1 aromatic heterocycles. The average molecular weight is 1350 g/mol. The van der Waals surface area contributed by atoms with E-state index >= 15 is 4.79 Å². The Balaban J connectivity index is 1.01. The number of phenolic OH excluding ortho intramolecular Hbond substituents is 2. The molecule has 500 valence electrons. The number of aromatic amines is 1. The molecule has 7 aromatic rings. The molecule has 2 aliphatic heterocycles. The molecule has 0 radical (unpaired) electrons. The van der Waals surface area contributed by atoms with Crippen molar-refractivity contribution in [3.05, 3.63) is 183 Å². The van der Waals surface area contributed by atoms with Crippen LogP contribution in [-0.2, 0) is 46.8 Å². The number of carbonyl (C=O) groups excluding carboxylic acids is 1. The second-order valence-corrected chi connectivity index (χ2v) is 33.1. The predicted molar refractivity (Wildman–Crippen MR) is 383 cm³/mol. The summed E-state index contributed by atoms with van der Waals surface area (Å²) in [5, 5.41) is 80.6. The monoisotopic (exact) mass is 1350 g/mol. The van der Waals surface area contributed by atoms with Crippen LogP contribution in [0, 0.1) is 29.6 Å². The topological polar surface area (TPSA) is 194 Å². The first-order valence-corrected chi connectivity index (χ1v) is 39.4. The molecule has 12 atom stereocenters. The summed E-state index contributed by atoms with van der Waals surface area (Å²) in [6.07, 6.45) is 16.5. The molecule has 4 aliphatic carbocycles. The number of nitrogens with one attached hydrogen (secondary N) is 2. The van der Waals surface area contributed by atoms with Gasteiger partial charge in [-0.05, 0) is 205 Å². The number of aliphatic hydroxyl groups excluding tert-OH is 4. The zero-order chi connectivity index (χ0) is 65.1. The minimum Gasteiger partial charge on any atom is -0.508 e. The lowest BCUT2D eigenvalue weighted by Gasteiger charge is -2.53. The van der Waals surface area contributed by atoms with E-state index in [0.29, 0.717) is 59.5 Å². The van der Waals surface area contributed by atoms with Gasteiger partial charge in [-0.2, -0.15) is 0 Å². The number of aliphatic hydroxyl groups is 4. The van der Waals surface area contributed by atoms with Crippen molar-refractivity contribution in [1.29, 1.82) is 0 Å². The smallest absolute Gasteiger partial charge is 0.186 e. The lowest BCUT2D eigenvalue weighted by Crippen LogP contribution is -2.62. The number of aryl methyl sites for hydroxylation is 1. The first-order valence-electron chi connectivity index (χ1n) is 34.6. The predicted octanol–water partition coefficient (Wildman–Crippen LogP) is 15.4. The number of benzene rings is 6. The molecule has 6 aromatic carbocycles. The normalized spacial score (nSPS) is 29.2. The van der Waals surface area contributed by atoms with Crippen molar-refractivity contribution >= 4 is 59.7 Å². The second-order valence-electron chi connectivity index (χ2n) is 27.9. The summed E-state index contributed by atoms with van der Waals surface area (Å²) in [6.45, 7) is 1.43. The van der Waals surface area contributed by atoms with E-state index in [0.717, 1.165) is 132 Å².